The summed E-state index contributed by atoms with van der Waals surface area (Å²) in [5.41, 5.74) is 3.70. The third-order valence-electron chi connectivity index (χ3n) is 0.508. The van der Waals surface area contributed by atoms with Crippen LogP contribution in [0.4, 0.5) is 0 Å². The maximum absolute atomic E-state index is 9.70. The molecule has 3 heteroatoms. The number of hydrogen-bond donors (Lipinski definition) is 1. The monoisotopic (exact) mass is 101 g/mol. The average molecular weight is 101 g/mol. The zero-order valence-electron chi connectivity index (χ0n) is 4.05. The molecule has 0 aromatic heterocycles. The number of rotatable bonds is 2. The van der Waals surface area contributed by atoms with Crippen molar-refractivity contribution in [3.05, 3.63) is 0 Å². The van der Waals surface area contributed by atoms with Gasteiger partial charge in [0.05, 0.1) is 0 Å². The Morgan fingerprint density at radius 2 is 1.71 bits per heavy atom. The molecule has 0 saturated carbocycles. The van der Waals surface area contributed by atoms with Crippen molar-refractivity contribution in [2.45, 2.75) is 12.5 Å². The maximum Gasteiger partial charge on any atom is 0.146 e. The first-order valence-corrected chi connectivity index (χ1v) is 1.84. The molecule has 0 aliphatic carbocycles. The Morgan fingerprint density at radius 1 is 1.43 bits per heavy atom. The molecule has 0 aliphatic heterocycles. The lowest BCUT2D eigenvalue weighted by Crippen LogP contribution is -2.39. The fraction of sp³-hybridized carbons (Fsp3) is 0.500. The van der Waals surface area contributed by atoms with Crippen LogP contribution in [0, 0.1) is 0 Å². The summed E-state index contributed by atoms with van der Waals surface area (Å²) >= 11 is 0. The summed E-state index contributed by atoms with van der Waals surface area (Å²) in [5, 5.41) is 0. The van der Waals surface area contributed by atoms with E-state index in [-0.39, 0.29) is 0 Å². The minimum Gasteiger partial charge on any atom is -0.314 e. The van der Waals surface area contributed by atoms with E-state index < -0.39 is 5.54 Å². The third-order valence-corrected chi connectivity index (χ3v) is 0.508. The topological polar surface area (TPSA) is 60.2 Å². The van der Waals surface area contributed by atoms with Gasteiger partial charge in [-0.3, -0.25) is 0 Å². The molecule has 0 saturated heterocycles. The largest absolute Gasteiger partial charge is 0.314 e. The number of aldehydes is 2. The first kappa shape index (κ1) is 6.30. The molecule has 0 aromatic carbocycles. The molecule has 0 fully saturated rings. The average Bonchev–Trinajstić information content (AvgIpc) is 1.68. The summed E-state index contributed by atoms with van der Waals surface area (Å²) in [7, 11) is 0. The molecule has 0 spiro atoms. The summed E-state index contributed by atoms with van der Waals surface area (Å²) in [6, 6.07) is 0. The van der Waals surface area contributed by atoms with Crippen molar-refractivity contribution in [1.82, 2.24) is 0 Å². The molecule has 0 amide bonds. The Balaban J connectivity index is 3.82. The summed E-state index contributed by atoms with van der Waals surface area (Å²) < 4.78 is 0. The van der Waals surface area contributed by atoms with Gasteiger partial charge in [-0.2, -0.15) is 0 Å². The Morgan fingerprint density at radius 3 is 1.71 bits per heavy atom. The van der Waals surface area contributed by atoms with Crippen LogP contribution in [0.3, 0.4) is 0 Å². The van der Waals surface area contributed by atoms with Crippen molar-refractivity contribution in [3.8, 4) is 0 Å². The van der Waals surface area contributed by atoms with Crippen LogP contribution in [0.1, 0.15) is 6.92 Å². The van der Waals surface area contributed by atoms with Crippen molar-refractivity contribution in [3.63, 3.8) is 0 Å². The molecule has 3 nitrogen and oxygen atoms in total. The molecule has 0 radical (unpaired) electrons. The van der Waals surface area contributed by atoms with Gasteiger partial charge >= 0.3 is 0 Å². The number of carbonyl (C=O) groups is 2. The molecule has 0 atom stereocenters. The summed E-state index contributed by atoms with van der Waals surface area (Å²) in [6.45, 7) is 1.34. The van der Waals surface area contributed by atoms with Crippen LogP contribution in [-0.2, 0) is 9.59 Å². The van der Waals surface area contributed by atoms with Crippen LogP contribution in [0.2, 0.25) is 0 Å². The number of carbonyl (C=O) groups excluding carboxylic acids is 2. The Labute approximate surface area is 41.5 Å². The van der Waals surface area contributed by atoms with Gasteiger partial charge in [-0.25, -0.2) is 0 Å². The molecule has 0 bridgehead atoms. The van der Waals surface area contributed by atoms with Crippen LogP contribution < -0.4 is 5.73 Å². The van der Waals surface area contributed by atoms with Crippen molar-refractivity contribution in [1.29, 1.82) is 0 Å². The Bertz CT molecular complexity index is 77.7. The van der Waals surface area contributed by atoms with E-state index in [0.29, 0.717) is 12.6 Å². The van der Waals surface area contributed by atoms with Gasteiger partial charge in [0.25, 0.3) is 0 Å². The summed E-state index contributed by atoms with van der Waals surface area (Å²) in [5.74, 6) is 0. The second kappa shape index (κ2) is 1.84. The highest BCUT2D eigenvalue weighted by Gasteiger charge is 2.13. The van der Waals surface area contributed by atoms with Gasteiger partial charge in [-0.05, 0) is 6.92 Å². The van der Waals surface area contributed by atoms with Gasteiger partial charge in [-0.1, -0.05) is 0 Å². The summed E-state index contributed by atoms with van der Waals surface area (Å²) in [6.07, 6.45) is 0.806. The van der Waals surface area contributed by atoms with E-state index in [9.17, 15) is 9.59 Å². The van der Waals surface area contributed by atoms with E-state index in [0.717, 1.165) is 0 Å². The van der Waals surface area contributed by atoms with Crippen molar-refractivity contribution in [2.24, 2.45) is 5.73 Å². The van der Waals surface area contributed by atoms with Gasteiger partial charge in [-0.15, -0.1) is 0 Å². The zero-order chi connectivity index (χ0) is 5.91. The lowest BCUT2D eigenvalue weighted by Gasteiger charge is -2.02. The van der Waals surface area contributed by atoms with Crippen LogP contribution in [0.25, 0.3) is 0 Å². The van der Waals surface area contributed by atoms with E-state index in [2.05, 4.69) is 0 Å². The third kappa shape index (κ3) is 2.05. The smallest absolute Gasteiger partial charge is 0.146 e. The second-order valence-electron chi connectivity index (χ2n) is 1.60. The molecule has 0 aromatic rings. The standard InChI is InChI=1S/C4H7NO2/c1-4(5,2-6)3-7/h2-3H,5H2,1H3. The fourth-order valence-electron chi connectivity index (χ4n) is 0.0278. The molecule has 0 aliphatic rings. The van der Waals surface area contributed by atoms with E-state index >= 15 is 0 Å². The molecule has 0 unspecified atom stereocenters. The second-order valence-corrected chi connectivity index (χ2v) is 1.60. The van der Waals surface area contributed by atoms with Gasteiger partial charge < -0.3 is 15.3 Å². The fourth-order valence-corrected chi connectivity index (χ4v) is 0.0278. The molecular formula is C4H7NO2. The van der Waals surface area contributed by atoms with Crippen molar-refractivity contribution in [2.75, 3.05) is 0 Å². The lowest BCUT2D eigenvalue weighted by molar-refractivity contribution is -0.120. The quantitative estimate of drug-likeness (QED) is 0.362. The SMILES string of the molecule is CC(N)(C=O)C=O. The highest BCUT2D eigenvalue weighted by Crippen LogP contribution is 1.83. The normalized spacial score (nSPS) is 10.6. The van der Waals surface area contributed by atoms with Crippen LogP contribution in [0.15, 0.2) is 0 Å². The van der Waals surface area contributed by atoms with Crippen LogP contribution in [0.5, 0.6) is 0 Å². The predicted molar refractivity (Wildman–Crippen MR) is 24.7 cm³/mol. The van der Waals surface area contributed by atoms with E-state index in [1.54, 1.807) is 0 Å². The molecule has 7 heavy (non-hydrogen) atoms. The molecular weight excluding hydrogens is 94.0 g/mol. The molecule has 40 valence electrons. The highest BCUT2D eigenvalue weighted by atomic mass is 16.1. The Kier molecular flexibility index (Phi) is 1.66. The maximum atomic E-state index is 9.70. The number of nitrogens with two attached hydrogens (primary N) is 1. The minimum absolute atomic E-state index is 0.403. The molecule has 2 N–H and O–H groups in total. The van der Waals surface area contributed by atoms with Gasteiger partial charge in [0.15, 0.2) is 0 Å². The lowest BCUT2D eigenvalue weighted by atomic mass is 10.1. The van der Waals surface area contributed by atoms with Gasteiger partial charge in [0.2, 0.25) is 0 Å². The van der Waals surface area contributed by atoms with E-state index in [1.807, 2.05) is 0 Å². The Hall–Kier alpha value is -0.700. The predicted octanol–water partition coefficient (Wildman–Crippen LogP) is -0.898. The van der Waals surface area contributed by atoms with Crippen molar-refractivity contribution < 1.29 is 9.59 Å². The highest BCUT2D eigenvalue weighted by molar-refractivity contribution is 5.87. The van der Waals surface area contributed by atoms with E-state index in [4.69, 9.17) is 5.73 Å². The molecule has 0 heterocycles. The van der Waals surface area contributed by atoms with Gasteiger partial charge in [0.1, 0.15) is 18.1 Å². The van der Waals surface area contributed by atoms with E-state index in [1.165, 1.54) is 6.92 Å². The zero-order valence-corrected chi connectivity index (χ0v) is 4.05. The van der Waals surface area contributed by atoms with Crippen LogP contribution >= 0.6 is 0 Å². The minimum atomic E-state index is -1.28. The summed E-state index contributed by atoms with van der Waals surface area (Å²) in [4.78, 5) is 19.4. The number of hydrogen-bond acceptors (Lipinski definition) is 3. The first-order valence-electron chi connectivity index (χ1n) is 1.84. The first-order chi connectivity index (χ1) is 3.12. The molecule has 0 rings (SSSR count). The van der Waals surface area contributed by atoms with Gasteiger partial charge in [0, 0.05) is 0 Å². The van der Waals surface area contributed by atoms with Crippen LogP contribution in [-0.4, -0.2) is 18.1 Å². The van der Waals surface area contributed by atoms with Crippen molar-refractivity contribution >= 4 is 12.6 Å².